The van der Waals surface area contributed by atoms with Gasteiger partial charge in [-0.1, -0.05) is 23.7 Å². The summed E-state index contributed by atoms with van der Waals surface area (Å²) in [7, 11) is 0. The number of amides is 1. The quantitative estimate of drug-likeness (QED) is 0.869. The van der Waals surface area contributed by atoms with Crippen LogP contribution in [0.2, 0.25) is 5.02 Å². The highest BCUT2D eigenvalue weighted by atomic mass is 35.5. The molecule has 1 aliphatic heterocycles. The van der Waals surface area contributed by atoms with Gasteiger partial charge in [-0.05, 0) is 24.6 Å². The van der Waals surface area contributed by atoms with E-state index in [-0.39, 0.29) is 5.91 Å². The van der Waals surface area contributed by atoms with Crippen LogP contribution < -0.4 is 5.32 Å². The van der Waals surface area contributed by atoms with Gasteiger partial charge in [-0.15, -0.1) is 0 Å². The van der Waals surface area contributed by atoms with E-state index in [9.17, 15) is 4.79 Å². The summed E-state index contributed by atoms with van der Waals surface area (Å²) < 4.78 is 0. The average Bonchev–Trinajstić information content (AvgIpc) is 2.32. The number of piperazine rings is 1. The maximum atomic E-state index is 12.1. The van der Waals surface area contributed by atoms with Crippen molar-refractivity contribution >= 4 is 17.5 Å². The van der Waals surface area contributed by atoms with Crippen molar-refractivity contribution in [2.24, 2.45) is 0 Å². The number of halogens is 1. The van der Waals surface area contributed by atoms with E-state index in [2.05, 4.69) is 12.2 Å². The average molecular weight is 253 g/mol. The molecule has 0 unspecified atom stereocenters. The van der Waals surface area contributed by atoms with Crippen molar-refractivity contribution in [3.8, 4) is 0 Å². The third kappa shape index (κ3) is 3.45. The highest BCUT2D eigenvalue weighted by Gasteiger charge is 2.20. The van der Waals surface area contributed by atoms with Gasteiger partial charge >= 0.3 is 0 Å². The number of nitrogens with zero attached hydrogens (tertiary/aromatic N) is 1. The third-order valence-electron chi connectivity index (χ3n) is 2.99. The van der Waals surface area contributed by atoms with Crippen molar-refractivity contribution in [1.29, 1.82) is 0 Å². The Kier molecular flexibility index (Phi) is 4.02. The van der Waals surface area contributed by atoms with Crippen LogP contribution in [0, 0.1) is 0 Å². The first-order valence-corrected chi connectivity index (χ1v) is 6.28. The second-order valence-corrected chi connectivity index (χ2v) is 4.93. The number of carbonyl (C=O) groups is 1. The zero-order valence-corrected chi connectivity index (χ0v) is 10.7. The normalized spacial score (nSPS) is 20.4. The molecule has 0 radical (unpaired) electrons. The van der Waals surface area contributed by atoms with Gasteiger partial charge in [-0.3, -0.25) is 4.79 Å². The maximum Gasteiger partial charge on any atom is 0.227 e. The second kappa shape index (κ2) is 5.52. The Balaban J connectivity index is 1.94. The molecule has 0 spiro atoms. The van der Waals surface area contributed by atoms with E-state index < -0.39 is 0 Å². The summed E-state index contributed by atoms with van der Waals surface area (Å²) >= 11 is 5.81. The van der Waals surface area contributed by atoms with E-state index >= 15 is 0 Å². The molecule has 1 aliphatic rings. The first-order chi connectivity index (χ1) is 8.15. The van der Waals surface area contributed by atoms with Gasteiger partial charge in [-0.25, -0.2) is 0 Å². The van der Waals surface area contributed by atoms with Crippen LogP contribution in [0.5, 0.6) is 0 Å². The largest absolute Gasteiger partial charge is 0.340 e. The maximum absolute atomic E-state index is 12.1. The molecule has 1 atom stereocenters. The molecule has 1 saturated heterocycles. The lowest BCUT2D eigenvalue weighted by Crippen LogP contribution is -2.51. The van der Waals surface area contributed by atoms with E-state index in [1.165, 1.54) is 0 Å². The summed E-state index contributed by atoms with van der Waals surface area (Å²) in [5, 5.41) is 4.03. The van der Waals surface area contributed by atoms with Crippen LogP contribution in [0.25, 0.3) is 0 Å². The van der Waals surface area contributed by atoms with Gasteiger partial charge in [0.05, 0.1) is 6.42 Å². The van der Waals surface area contributed by atoms with Crippen LogP contribution in [0.4, 0.5) is 0 Å². The Morgan fingerprint density at radius 1 is 1.47 bits per heavy atom. The van der Waals surface area contributed by atoms with E-state index in [1.807, 2.05) is 29.2 Å². The van der Waals surface area contributed by atoms with Gasteiger partial charge in [0.2, 0.25) is 5.91 Å². The molecule has 1 fully saturated rings. The molecule has 92 valence electrons. The molecule has 1 amide bonds. The monoisotopic (exact) mass is 252 g/mol. The predicted octanol–water partition coefficient (Wildman–Crippen LogP) is 1.70. The SMILES string of the molecule is C[C@H]1CN(C(=O)Cc2ccc(Cl)cc2)CCN1. The van der Waals surface area contributed by atoms with Gasteiger partial charge in [0.15, 0.2) is 0 Å². The zero-order valence-electron chi connectivity index (χ0n) is 9.95. The Bertz CT molecular complexity index is 391. The van der Waals surface area contributed by atoms with E-state index in [1.54, 1.807) is 0 Å². The molecule has 1 aromatic carbocycles. The van der Waals surface area contributed by atoms with Gasteiger partial charge in [0.25, 0.3) is 0 Å². The van der Waals surface area contributed by atoms with Gasteiger partial charge < -0.3 is 10.2 Å². The molecule has 4 heteroatoms. The molecule has 0 bridgehead atoms. The van der Waals surface area contributed by atoms with Crippen LogP contribution in [0.3, 0.4) is 0 Å². The van der Waals surface area contributed by atoms with Crippen LogP contribution in [0.15, 0.2) is 24.3 Å². The third-order valence-corrected chi connectivity index (χ3v) is 3.24. The lowest BCUT2D eigenvalue weighted by Gasteiger charge is -2.32. The number of carbonyl (C=O) groups excluding carboxylic acids is 1. The summed E-state index contributed by atoms with van der Waals surface area (Å²) in [4.78, 5) is 14.0. The summed E-state index contributed by atoms with van der Waals surface area (Å²) in [5.74, 6) is 0.195. The minimum atomic E-state index is 0.195. The molecule has 1 N–H and O–H groups in total. The Morgan fingerprint density at radius 2 is 2.18 bits per heavy atom. The summed E-state index contributed by atoms with van der Waals surface area (Å²) in [5.41, 5.74) is 1.02. The van der Waals surface area contributed by atoms with E-state index in [0.29, 0.717) is 17.5 Å². The van der Waals surface area contributed by atoms with Crippen molar-refractivity contribution in [2.75, 3.05) is 19.6 Å². The summed E-state index contributed by atoms with van der Waals surface area (Å²) in [6, 6.07) is 7.85. The van der Waals surface area contributed by atoms with Gasteiger partial charge in [0.1, 0.15) is 0 Å². The second-order valence-electron chi connectivity index (χ2n) is 4.50. The number of benzene rings is 1. The Hall–Kier alpha value is -1.06. The molecule has 1 aromatic rings. The fourth-order valence-electron chi connectivity index (χ4n) is 2.05. The standard InChI is InChI=1S/C13H17ClN2O/c1-10-9-16(7-6-15-10)13(17)8-11-2-4-12(14)5-3-11/h2-5,10,15H,6-9H2,1H3/t10-/m0/s1. The lowest BCUT2D eigenvalue weighted by molar-refractivity contribution is -0.131. The minimum absolute atomic E-state index is 0.195. The van der Waals surface area contributed by atoms with Gasteiger partial charge in [-0.2, -0.15) is 0 Å². The van der Waals surface area contributed by atoms with Gasteiger partial charge in [0, 0.05) is 30.7 Å². The van der Waals surface area contributed by atoms with Crippen LogP contribution in [0.1, 0.15) is 12.5 Å². The highest BCUT2D eigenvalue weighted by Crippen LogP contribution is 2.11. The fourth-order valence-corrected chi connectivity index (χ4v) is 2.17. The van der Waals surface area contributed by atoms with Crippen LogP contribution in [-0.4, -0.2) is 36.5 Å². The predicted molar refractivity (Wildman–Crippen MR) is 69.2 cm³/mol. The Morgan fingerprint density at radius 3 is 2.82 bits per heavy atom. The molecule has 0 aromatic heterocycles. The van der Waals surface area contributed by atoms with Crippen molar-refractivity contribution < 1.29 is 4.79 Å². The summed E-state index contributed by atoms with van der Waals surface area (Å²) in [6.07, 6.45) is 0.462. The first kappa shape index (κ1) is 12.4. The lowest BCUT2D eigenvalue weighted by atomic mass is 10.1. The molecule has 3 nitrogen and oxygen atoms in total. The minimum Gasteiger partial charge on any atom is -0.340 e. The number of hydrogen-bond acceptors (Lipinski definition) is 2. The van der Waals surface area contributed by atoms with E-state index in [4.69, 9.17) is 11.6 Å². The van der Waals surface area contributed by atoms with Crippen LogP contribution >= 0.6 is 11.6 Å². The molecular formula is C13H17ClN2O. The highest BCUT2D eigenvalue weighted by molar-refractivity contribution is 6.30. The number of rotatable bonds is 2. The number of hydrogen-bond donors (Lipinski definition) is 1. The van der Waals surface area contributed by atoms with Crippen molar-refractivity contribution in [2.45, 2.75) is 19.4 Å². The van der Waals surface area contributed by atoms with Crippen molar-refractivity contribution in [3.63, 3.8) is 0 Å². The smallest absolute Gasteiger partial charge is 0.227 e. The van der Waals surface area contributed by atoms with Crippen molar-refractivity contribution in [3.05, 3.63) is 34.9 Å². The van der Waals surface area contributed by atoms with Crippen molar-refractivity contribution in [1.82, 2.24) is 10.2 Å². The molecule has 1 heterocycles. The Labute approximate surface area is 107 Å². The molecule has 17 heavy (non-hydrogen) atoms. The number of nitrogens with one attached hydrogen (secondary N) is 1. The molecule has 0 aliphatic carbocycles. The molecule has 2 rings (SSSR count). The zero-order chi connectivity index (χ0) is 12.3. The molecular weight excluding hydrogens is 236 g/mol. The summed E-state index contributed by atoms with van der Waals surface area (Å²) in [6.45, 7) is 4.58. The fraction of sp³-hybridized carbons (Fsp3) is 0.462. The van der Waals surface area contributed by atoms with E-state index in [0.717, 1.165) is 25.2 Å². The van der Waals surface area contributed by atoms with Crippen LogP contribution in [-0.2, 0) is 11.2 Å². The first-order valence-electron chi connectivity index (χ1n) is 5.91. The topological polar surface area (TPSA) is 32.3 Å². The molecule has 0 saturated carbocycles.